The number of aryl methyl sites for hydroxylation is 1. The minimum atomic E-state index is -4.04. The maximum Gasteiger partial charge on any atom is 0.258 e. The zero-order valence-electron chi connectivity index (χ0n) is 12.9. The Bertz CT molecular complexity index is 805. The van der Waals surface area contributed by atoms with E-state index >= 15 is 0 Å². The topological polar surface area (TPSA) is 86.7 Å². The Labute approximate surface area is 139 Å². The predicted octanol–water partition coefficient (Wildman–Crippen LogP) is 1.83. The van der Waals surface area contributed by atoms with Crippen molar-refractivity contribution in [2.24, 2.45) is 0 Å². The first-order valence-electron chi connectivity index (χ1n) is 7.07. The summed E-state index contributed by atoms with van der Waals surface area (Å²) in [6.07, 6.45) is 0. The van der Waals surface area contributed by atoms with Crippen LogP contribution in [0.1, 0.15) is 11.1 Å². The molecular weight excluding hydrogens is 335 g/mol. The van der Waals surface area contributed by atoms with Crippen LogP contribution in [0.25, 0.3) is 0 Å². The second-order valence-corrected chi connectivity index (χ2v) is 7.19. The Morgan fingerprint density at radius 1 is 1.12 bits per heavy atom. The van der Waals surface area contributed by atoms with Gasteiger partial charge in [-0.3, -0.25) is 10.0 Å². The number of benzene rings is 2. The van der Waals surface area contributed by atoms with E-state index in [2.05, 4.69) is 0 Å². The van der Waals surface area contributed by atoms with E-state index in [9.17, 15) is 17.6 Å². The largest absolute Gasteiger partial charge is 0.289 e. The van der Waals surface area contributed by atoms with Crippen molar-refractivity contribution in [1.29, 1.82) is 0 Å². The van der Waals surface area contributed by atoms with E-state index in [1.165, 1.54) is 5.48 Å². The molecule has 2 aromatic carbocycles. The molecule has 1 amide bonds. The summed E-state index contributed by atoms with van der Waals surface area (Å²) in [5.41, 5.74) is 3.11. The summed E-state index contributed by atoms with van der Waals surface area (Å²) in [4.78, 5) is 11.3. The summed E-state index contributed by atoms with van der Waals surface area (Å²) >= 11 is 0. The van der Waals surface area contributed by atoms with E-state index in [1.54, 1.807) is 12.1 Å². The number of carbonyl (C=O) groups is 1. The molecule has 128 valence electrons. The van der Waals surface area contributed by atoms with Gasteiger partial charge in [0.1, 0.15) is 5.82 Å². The number of carbonyl (C=O) groups excluding carboxylic acids is 1. The first-order valence-corrected chi connectivity index (χ1v) is 8.51. The molecular formula is C16H17FN2O4S. The highest BCUT2D eigenvalue weighted by Gasteiger charge is 2.26. The molecule has 2 rings (SSSR count). The zero-order valence-corrected chi connectivity index (χ0v) is 13.8. The van der Waals surface area contributed by atoms with Crippen LogP contribution in [0.15, 0.2) is 53.4 Å². The average Bonchev–Trinajstić information content (AvgIpc) is 2.56. The van der Waals surface area contributed by atoms with Gasteiger partial charge in [-0.2, -0.15) is 4.31 Å². The first-order chi connectivity index (χ1) is 11.3. The highest BCUT2D eigenvalue weighted by atomic mass is 32.2. The van der Waals surface area contributed by atoms with Crippen molar-refractivity contribution in [2.75, 3.05) is 6.54 Å². The van der Waals surface area contributed by atoms with Crippen LogP contribution in [0.4, 0.5) is 4.39 Å². The van der Waals surface area contributed by atoms with Gasteiger partial charge in [0.25, 0.3) is 5.91 Å². The Kier molecular flexibility index (Phi) is 5.66. The number of sulfonamides is 1. The summed E-state index contributed by atoms with van der Waals surface area (Å²) in [5.74, 6) is -1.43. The fourth-order valence-electron chi connectivity index (χ4n) is 2.07. The van der Waals surface area contributed by atoms with Crippen LogP contribution >= 0.6 is 0 Å². The third-order valence-corrected chi connectivity index (χ3v) is 5.18. The number of halogens is 1. The van der Waals surface area contributed by atoms with E-state index in [0.717, 1.165) is 34.1 Å². The van der Waals surface area contributed by atoms with Crippen molar-refractivity contribution in [3.63, 3.8) is 0 Å². The molecule has 0 saturated heterocycles. The molecule has 0 aliphatic rings. The van der Waals surface area contributed by atoms with Crippen molar-refractivity contribution in [1.82, 2.24) is 9.79 Å². The van der Waals surface area contributed by atoms with Crippen LogP contribution in [0.2, 0.25) is 0 Å². The lowest BCUT2D eigenvalue weighted by Gasteiger charge is -2.21. The molecule has 0 radical (unpaired) electrons. The van der Waals surface area contributed by atoms with E-state index in [1.807, 2.05) is 19.1 Å². The van der Waals surface area contributed by atoms with Crippen LogP contribution in [-0.2, 0) is 21.4 Å². The minimum absolute atomic E-state index is 0.0621. The standard InChI is InChI=1S/C16H17FN2O4S/c1-12-2-4-13(5-3-12)10-19(11-16(20)18-21)24(22,23)15-8-6-14(17)7-9-15/h2-9,21H,10-11H2,1H3,(H,18,20). The van der Waals surface area contributed by atoms with Crippen molar-refractivity contribution in [3.05, 3.63) is 65.5 Å². The van der Waals surface area contributed by atoms with Gasteiger partial charge >= 0.3 is 0 Å². The Morgan fingerprint density at radius 2 is 1.71 bits per heavy atom. The van der Waals surface area contributed by atoms with E-state index in [4.69, 9.17) is 5.21 Å². The monoisotopic (exact) mass is 352 g/mol. The van der Waals surface area contributed by atoms with Gasteiger partial charge in [-0.25, -0.2) is 18.3 Å². The van der Waals surface area contributed by atoms with E-state index in [0.29, 0.717) is 5.56 Å². The minimum Gasteiger partial charge on any atom is -0.289 e. The van der Waals surface area contributed by atoms with E-state index in [-0.39, 0.29) is 11.4 Å². The van der Waals surface area contributed by atoms with Gasteiger partial charge in [0.05, 0.1) is 11.4 Å². The Morgan fingerprint density at radius 3 is 2.25 bits per heavy atom. The SMILES string of the molecule is Cc1ccc(CN(CC(=O)NO)S(=O)(=O)c2ccc(F)cc2)cc1. The van der Waals surface area contributed by atoms with Crippen LogP contribution in [0, 0.1) is 12.7 Å². The third kappa shape index (κ3) is 4.38. The lowest BCUT2D eigenvalue weighted by Crippen LogP contribution is -2.39. The summed E-state index contributed by atoms with van der Waals surface area (Å²) in [5, 5.41) is 8.69. The van der Waals surface area contributed by atoms with Crippen molar-refractivity contribution < 1.29 is 22.8 Å². The summed E-state index contributed by atoms with van der Waals surface area (Å²) in [7, 11) is -4.04. The first kappa shape index (κ1) is 18.1. The molecule has 0 saturated carbocycles. The molecule has 0 fully saturated rings. The third-order valence-electron chi connectivity index (χ3n) is 3.38. The number of hydroxylamine groups is 1. The fourth-order valence-corrected chi connectivity index (χ4v) is 3.46. The fraction of sp³-hybridized carbons (Fsp3) is 0.188. The predicted molar refractivity (Wildman–Crippen MR) is 85.1 cm³/mol. The number of nitrogens with one attached hydrogen (secondary N) is 1. The molecule has 0 aliphatic carbocycles. The van der Waals surface area contributed by atoms with Gasteiger partial charge in [0, 0.05) is 6.54 Å². The van der Waals surface area contributed by atoms with Crippen LogP contribution < -0.4 is 5.48 Å². The summed E-state index contributed by atoms with van der Waals surface area (Å²) in [6.45, 7) is 1.27. The maximum absolute atomic E-state index is 13.0. The van der Waals surface area contributed by atoms with Gasteiger partial charge in [0.2, 0.25) is 10.0 Å². The maximum atomic E-state index is 13.0. The highest BCUT2D eigenvalue weighted by molar-refractivity contribution is 7.89. The molecule has 0 heterocycles. The molecule has 2 N–H and O–H groups in total. The second kappa shape index (κ2) is 7.52. The smallest absolute Gasteiger partial charge is 0.258 e. The van der Waals surface area contributed by atoms with Crippen molar-refractivity contribution >= 4 is 15.9 Å². The number of hydrogen-bond acceptors (Lipinski definition) is 4. The molecule has 0 aromatic heterocycles. The molecule has 8 heteroatoms. The molecule has 2 aromatic rings. The lowest BCUT2D eigenvalue weighted by molar-refractivity contribution is -0.129. The molecule has 24 heavy (non-hydrogen) atoms. The molecule has 0 bridgehead atoms. The van der Waals surface area contributed by atoms with E-state index < -0.39 is 28.3 Å². The number of amides is 1. The van der Waals surface area contributed by atoms with Crippen molar-refractivity contribution in [2.45, 2.75) is 18.4 Å². The molecule has 0 atom stereocenters. The Balaban J connectivity index is 2.35. The van der Waals surface area contributed by atoms with Gasteiger partial charge in [-0.15, -0.1) is 0 Å². The van der Waals surface area contributed by atoms with Crippen LogP contribution in [0.5, 0.6) is 0 Å². The van der Waals surface area contributed by atoms with Crippen molar-refractivity contribution in [3.8, 4) is 0 Å². The lowest BCUT2D eigenvalue weighted by atomic mass is 10.1. The molecule has 0 unspecified atom stereocenters. The van der Waals surface area contributed by atoms with Gasteiger partial charge in [-0.1, -0.05) is 29.8 Å². The summed E-state index contributed by atoms with van der Waals surface area (Å²) < 4.78 is 39.3. The summed E-state index contributed by atoms with van der Waals surface area (Å²) in [6, 6.07) is 11.5. The average molecular weight is 352 g/mol. The second-order valence-electron chi connectivity index (χ2n) is 5.25. The zero-order chi connectivity index (χ0) is 17.7. The van der Waals surface area contributed by atoms with Crippen LogP contribution in [0.3, 0.4) is 0 Å². The quantitative estimate of drug-likeness (QED) is 0.613. The molecule has 6 nitrogen and oxygen atoms in total. The molecule has 0 aliphatic heterocycles. The number of nitrogens with zero attached hydrogens (tertiary/aromatic N) is 1. The normalized spacial score (nSPS) is 11.5. The Hall–Kier alpha value is -2.29. The highest BCUT2D eigenvalue weighted by Crippen LogP contribution is 2.19. The number of hydrogen-bond donors (Lipinski definition) is 2. The van der Waals surface area contributed by atoms with Gasteiger partial charge in [0.15, 0.2) is 0 Å². The van der Waals surface area contributed by atoms with Crippen LogP contribution in [-0.4, -0.2) is 30.4 Å². The number of rotatable bonds is 6. The molecule has 0 spiro atoms. The van der Waals surface area contributed by atoms with Gasteiger partial charge in [-0.05, 0) is 36.8 Å². The van der Waals surface area contributed by atoms with Gasteiger partial charge < -0.3 is 0 Å².